The molecule has 0 radical (unpaired) electrons. The second-order valence-corrected chi connectivity index (χ2v) is 4.94. The van der Waals surface area contributed by atoms with Gasteiger partial charge in [0.1, 0.15) is 4.90 Å². The first-order valence-electron chi connectivity index (χ1n) is 4.83. The fourth-order valence-electron chi connectivity index (χ4n) is 1.27. The monoisotopic (exact) mass is 277 g/mol. The van der Waals surface area contributed by atoms with Crippen molar-refractivity contribution >= 4 is 23.4 Å². The van der Waals surface area contributed by atoms with E-state index >= 15 is 0 Å². The van der Waals surface area contributed by atoms with Gasteiger partial charge in [-0.1, -0.05) is 6.92 Å². The zero-order valence-electron chi connectivity index (χ0n) is 9.22. The van der Waals surface area contributed by atoms with Gasteiger partial charge in [-0.05, 0) is 6.07 Å². The molecule has 1 atom stereocenters. The van der Waals surface area contributed by atoms with Crippen molar-refractivity contribution in [3.05, 3.63) is 33.9 Å². The first-order valence-corrected chi connectivity index (χ1v) is 5.71. The van der Waals surface area contributed by atoms with Crippen LogP contribution < -0.4 is 0 Å². The van der Waals surface area contributed by atoms with Gasteiger partial charge >= 0.3 is 5.97 Å². The van der Waals surface area contributed by atoms with Crippen LogP contribution in [0.15, 0.2) is 17.0 Å². The Morgan fingerprint density at radius 1 is 1.56 bits per heavy atom. The molecule has 0 spiro atoms. The molecule has 0 saturated carbocycles. The summed E-state index contributed by atoms with van der Waals surface area (Å²) in [6, 6.07) is 1.52. The fraction of sp³-hybridized carbons (Fsp3) is 0.300. The quantitative estimate of drug-likeness (QED) is 0.508. The molecular formula is C10H9F2NO4S. The maximum absolute atomic E-state index is 13.5. The van der Waals surface area contributed by atoms with Crippen molar-refractivity contribution in [3.8, 4) is 0 Å². The molecule has 1 unspecified atom stereocenters. The van der Waals surface area contributed by atoms with E-state index in [0.29, 0.717) is 17.8 Å². The Labute approximate surface area is 105 Å². The van der Waals surface area contributed by atoms with Crippen LogP contribution in [0.3, 0.4) is 0 Å². The number of nitro benzene ring substituents is 1. The van der Waals surface area contributed by atoms with E-state index in [0.717, 1.165) is 6.07 Å². The third-order valence-electron chi connectivity index (χ3n) is 2.01. The summed E-state index contributed by atoms with van der Waals surface area (Å²) in [5.41, 5.74) is -0.573. The van der Waals surface area contributed by atoms with Gasteiger partial charge in [-0.2, -0.15) is 0 Å². The first-order chi connectivity index (χ1) is 8.32. The van der Waals surface area contributed by atoms with Crippen molar-refractivity contribution in [1.82, 2.24) is 0 Å². The lowest BCUT2D eigenvalue weighted by molar-refractivity contribution is -0.388. The van der Waals surface area contributed by atoms with Crippen LogP contribution in [0.4, 0.5) is 14.5 Å². The molecule has 98 valence electrons. The highest BCUT2D eigenvalue weighted by Gasteiger charge is 2.24. The second kappa shape index (κ2) is 5.76. The van der Waals surface area contributed by atoms with Crippen LogP contribution in [-0.4, -0.2) is 21.2 Å². The Balaban J connectivity index is 3.09. The number of halogens is 2. The molecule has 1 aromatic carbocycles. The number of hydrogen-bond acceptors (Lipinski definition) is 4. The van der Waals surface area contributed by atoms with Gasteiger partial charge in [0.25, 0.3) is 5.69 Å². The Morgan fingerprint density at radius 2 is 2.17 bits per heavy atom. The molecule has 0 aliphatic heterocycles. The van der Waals surface area contributed by atoms with E-state index in [1.54, 1.807) is 0 Å². The average Bonchev–Trinajstić information content (AvgIpc) is 2.23. The van der Waals surface area contributed by atoms with E-state index in [-0.39, 0.29) is 6.42 Å². The van der Waals surface area contributed by atoms with Gasteiger partial charge in [-0.3, -0.25) is 14.9 Å². The molecular weight excluding hydrogens is 268 g/mol. The highest BCUT2D eigenvalue weighted by molar-refractivity contribution is 8.00. The predicted molar refractivity (Wildman–Crippen MR) is 60.6 cm³/mol. The van der Waals surface area contributed by atoms with E-state index in [1.807, 2.05) is 0 Å². The number of hydrogen-bond donors (Lipinski definition) is 1. The molecule has 0 aromatic heterocycles. The number of nitro groups is 1. The molecule has 1 N–H and O–H groups in total. The van der Waals surface area contributed by atoms with E-state index in [2.05, 4.69) is 0 Å². The minimum atomic E-state index is -1.33. The molecule has 18 heavy (non-hydrogen) atoms. The van der Waals surface area contributed by atoms with Crippen LogP contribution in [-0.2, 0) is 4.79 Å². The number of carboxylic acids is 1. The molecule has 1 rings (SSSR count). The van der Waals surface area contributed by atoms with E-state index in [9.17, 15) is 23.7 Å². The molecule has 1 aromatic rings. The standard InChI is InChI=1S/C10H9F2NO4S/c1-5(4-8(14)15)18-10-7(13(16)17)3-2-6(11)9(10)12/h2-3,5H,4H2,1H3,(H,14,15). The summed E-state index contributed by atoms with van der Waals surface area (Å²) >= 11 is 0.630. The fourth-order valence-corrected chi connectivity index (χ4v) is 2.36. The molecule has 0 bridgehead atoms. The van der Waals surface area contributed by atoms with Gasteiger partial charge in [0.15, 0.2) is 11.6 Å². The number of carbonyl (C=O) groups is 1. The predicted octanol–water partition coefficient (Wildman–Crippen LogP) is 2.83. The number of benzene rings is 1. The molecule has 0 saturated heterocycles. The summed E-state index contributed by atoms with van der Waals surface area (Å²) in [7, 11) is 0. The van der Waals surface area contributed by atoms with Gasteiger partial charge < -0.3 is 5.11 Å². The van der Waals surface area contributed by atoms with Gasteiger partial charge in [0.2, 0.25) is 0 Å². The molecule has 0 aliphatic carbocycles. The van der Waals surface area contributed by atoms with Crippen molar-refractivity contribution in [1.29, 1.82) is 0 Å². The van der Waals surface area contributed by atoms with Crippen LogP contribution in [0.2, 0.25) is 0 Å². The van der Waals surface area contributed by atoms with Crippen LogP contribution >= 0.6 is 11.8 Å². The zero-order chi connectivity index (χ0) is 13.9. The summed E-state index contributed by atoms with van der Waals surface area (Å²) in [5.74, 6) is -3.65. The highest BCUT2D eigenvalue weighted by atomic mass is 32.2. The molecule has 5 nitrogen and oxygen atoms in total. The van der Waals surface area contributed by atoms with Crippen LogP contribution in [0.1, 0.15) is 13.3 Å². The summed E-state index contributed by atoms with van der Waals surface area (Å²) in [6.45, 7) is 1.47. The van der Waals surface area contributed by atoms with Crippen LogP contribution in [0.5, 0.6) is 0 Å². The highest BCUT2D eigenvalue weighted by Crippen LogP contribution is 2.36. The van der Waals surface area contributed by atoms with E-state index in [1.165, 1.54) is 6.92 Å². The van der Waals surface area contributed by atoms with Crippen molar-refractivity contribution in [3.63, 3.8) is 0 Å². The van der Waals surface area contributed by atoms with Crippen LogP contribution in [0, 0.1) is 21.7 Å². The Bertz CT molecular complexity index is 495. The minimum Gasteiger partial charge on any atom is -0.481 e. The topological polar surface area (TPSA) is 80.4 Å². The summed E-state index contributed by atoms with van der Waals surface area (Å²) in [4.78, 5) is 19.8. The second-order valence-electron chi connectivity index (χ2n) is 3.49. The third-order valence-corrected chi connectivity index (χ3v) is 3.20. The molecule has 0 fully saturated rings. The molecule has 0 amide bonds. The van der Waals surface area contributed by atoms with Crippen LogP contribution in [0.25, 0.3) is 0 Å². The number of nitrogens with zero attached hydrogens (tertiary/aromatic N) is 1. The number of rotatable bonds is 5. The Morgan fingerprint density at radius 3 is 2.67 bits per heavy atom. The van der Waals surface area contributed by atoms with Gasteiger partial charge in [0.05, 0.1) is 11.3 Å². The molecule has 8 heteroatoms. The van der Waals surface area contributed by atoms with Crippen molar-refractivity contribution in [2.45, 2.75) is 23.5 Å². The normalized spacial score (nSPS) is 12.2. The van der Waals surface area contributed by atoms with Crippen molar-refractivity contribution < 1.29 is 23.6 Å². The Kier molecular flexibility index (Phi) is 4.60. The number of aliphatic carboxylic acids is 1. The van der Waals surface area contributed by atoms with Gasteiger partial charge in [-0.25, -0.2) is 8.78 Å². The lowest BCUT2D eigenvalue weighted by Crippen LogP contribution is -2.07. The minimum absolute atomic E-state index is 0.308. The molecule has 0 heterocycles. The first kappa shape index (κ1) is 14.4. The summed E-state index contributed by atoms with van der Waals surface area (Å²) in [5, 5.41) is 18.6. The number of carboxylic acid groups (broad SMARTS) is 1. The average molecular weight is 277 g/mol. The maximum atomic E-state index is 13.5. The third kappa shape index (κ3) is 3.39. The van der Waals surface area contributed by atoms with Crippen molar-refractivity contribution in [2.24, 2.45) is 0 Å². The maximum Gasteiger partial charge on any atom is 0.304 e. The van der Waals surface area contributed by atoms with Gasteiger partial charge in [0, 0.05) is 11.3 Å². The Hall–Kier alpha value is -1.70. The largest absolute Gasteiger partial charge is 0.481 e. The van der Waals surface area contributed by atoms with E-state index in [4.69, 9.17) is 5.11 Å². The zero-order valence-corrected chi connectivity index (χ0v) is 10.0. The number of thioether (sulfide) groups is 1. The summed E-state index contributed by atoms with van der Waals surface area (Å²) in [6.07, 6.45) is -0.308. The smallest absolute Gasteiger partial charge is 0.304 e. The van der Waals surface area contributed by atoms with Gasteiger partial charge in [-0.15, -0.1) is 11.8 Å². The SMILES string of the molecule is CC(CC(=O)O)Sc1c([N+](=O)[O-])ccc(F)c1F. The molecule has 0 aliphatic rings. The lowest BCUT2D eigenvalue weighted by atomic mass is 10.3. The lowest BCUT2D eigenvalue weighted by Gasteiger charge is -2.09. The summed E-state index contributed by atoms with van der Waals surface area (Å²) < 4.78 is 26.5. The van der Waals surface area contributed by atoms with E-state index < -0.39 is 38.4 Å². The van der Waals surface area contributed by atoms with Crippen molar-refractivity contribution in [2.75, 3.05) is 0 Å².